The van der Waals surface area contributed by atoms with Gasteiger partial charge < -0.3 is 5.11 Å². The van der Waals surface area contributed by atoms with Gasteiger partial charge in [-0.1, -0.05) is 84.4 Å². The molecule has 0 amide bonds. The predicted molar refractivity (Wildman–Crippen MR) is 161 cm³/mol. The fourth-order valence-corrected chi connectivity index (χ4v) is 5.70. The minimum Gasteiger partial charge on any atom is -0.385 e. The number of piperidine rings is 1. The van der Waals surface area contributed by atoms with Crippen molar-refractivity contribution in [2.45, 2.75) is 38.0 Å². The molecule has 1 fully saturated rings. The van der Waals surface area contributed by atoms with E-state index in [1.807, 2.05) is 72.8 Å². The molecule has 6 heteroatoms. The van der Waals surface area contributed by atoms with E-state index in [1.165, 1.54) is 11.1 Å². The second kappa shape index (κ2) is 11.4. The molecule has 0 spiro atoms. The van der Waals surface area contributed by atoms with Crippen LogP contribution in [0, 0.1) is 0 Å². The molecule has 0 saturated carbocycles. The van der Waals surface area contributed by atoms with Crippen molar-refractivity contribution in [2.75, 3.05) is 13.1 Å². The number of hydrogen-bond donors (Lipinski definition) is 1. The fraction of sp³-hybridized carbons (Fsp3) is 0.235. The Bertz CT molecular complexity index is 1660. The molecule has 1 aromatic heterocycles. The van der Waals surface area contributed by atoms with Crippen LogP contribution in [-0.2, 0) is 25.1 Å². The number of fused-ring (bicyclic) bond motifs is 1. The third kappa shape index (κ3) is 5.73. The molecule has 1 aliphatic rings. The molecule has 40 heavy (non-hydrogen) atoms. The molecule has 4 aromatic carbocycles. The third-order valence-corrected chi connectivity index (χ3v) is 8.32. The average molecular weight is 550 g/mol. The molecule has 1 aliphatic heterocycles. The summed E-state index contributed by atoms with van der Waals surface area (Å²) in [4.78, 5) is 20.1. The molecule has 202 valence electrons. The first-order chi connectivity index (χ1) is 19.5. The summed E-state index contributed by atoms with van der Waals surface area (Å²) in [5.74, 6) is 0. The number of hydrogen-bond acceptors (Lipinski definition) is 4. The normalized spacial score (nSPS) is 15.3. The maximum Gasteiger partial charge on any atom is 0.261 e. The van der Waals surface area contributed by atoms with Gasteiger partial charge in [-0.25, -0.2) is 4.98 Å². The van der Waals surface area contributed by atoms with E-state index in [2.05, 4.69) is 34.1 Å². The van der Waals surface area contributed by atoms with Gasteiger partial charge in [0, 0.05) is 31.2 Å². The lowest BCUT2D eigenvalue weighted by Crippen LogP contribution is -2.42. The summed E-state index contributed by atoms with van der Waals surface area (Å²) >= 11 is 6.01. The second-order valence-electron chi connectivity index (χ2n) is 10.7. The topological polar surface area (TPSA) is 58.4 Å². The molecular weight excluding hydrogens is 518 g/mol. The van der Waals surface area contributed by atoms with Crippen LogP contribution in [0.15, 0.2) is 108 Å². The molecule has 0 aliphatic carbocycles. The van der Waals surface area contributed by atoms with Gasteiger partial charge in [0.25, 0.3) is 5.56 Å². The number of halogens is 1. The van der Waals surface area contributed by atoms with Crippen molar-refractivity contribution in [1.29, 1.82) is 0 Å². The van der Waals surface area contributed by atoms with Gasteiger partial charge in [-0.15, -0.1) is 0 Å². The van der Waals surface area contributed by atoms with Crippen molar-refractivity contribution in [1.82, 2.24) is 14.5 Å². The molecule has 1 N–H and O–H groups in total. The lowest BCUT2D eigenvalue weighted by atomic mass is 9.84. The maximum absolute atomic E-state index is 13.1. The molecule has 5 nitrogen and oxygen atoms in total. The molecule has 0 radical (unpaired) electrons. The lowest BCUT2D eigenvalue weighted by molar-refractivity contribution is -0.0277. The Morgan fingerprint density at radius 3 is 2.23 bits per heavy atom. The zero-order valence-corrected chi connectivity index (χ0v) is 23.1. The van der Waals surface area contributed by atoms with Crippen LogP contribution in [0.25, 0.3) is 22.0 Å². The molecule has 0 atom stereocenters. The van der Waals surface area contributed by atoms with E-state index < -0.39 is 5.60 Å². The van der Waals surface area contributed by atoms with Crippen LogP contribution in [-0.4, -0.2) is 32.6 Å². The summed E-state index contributed by atoms with van der Waals surface area (Å²) in [6, 6.07) is 32.1. The Labute approximate surface area is 239 Å². The Hall–Kier alpha value is -3.77. The van der Waals surface area contributed by atoms with Crippen LogP contribution in [0.1, 0.15) is 29.5 Å². The van der Waals surface area contributed by atoms with Gasteiger partial charge in [0.05, 0.1) is 22.8 Å². The highest BCUT2D eigenvalue weighted by molar-refractivity contribution is 6.30. The number of aliphatic hydroxyl groups is 1. The van der Waals surface area contributed by atoms with Gasteiger partial charge in [0.1, 0.15) is 0 Å². The van der Waals surface area contributed by atoms with Gasteiger partial charge in [-0.3, -0.25) is 14.3 Å². The lowest BCUT2D eigenvalue weighted by Gasteiger charge is -2.38. The van der Waals surface area contributed by atoms with Gasteiger partial charge >= 0.3 is 0 Å². The van der Waals surface area contributed by atoms with E-state index in [0.717, 1.165) is 55.6 Å². The Kier molecular flexibility index (Phi) is 7.53. The van der Waals surface area contributed by atoms with E-state index >= 15 is 0 Å². The fourth-order valence-electron chi connectivity index (χ4n) is 5.58. The number of nitrogens with zero attached hydrogens (tertiary/aromatic N) is 3. The summed E-state index contributed by atoms with van der Waals surface area (Å²) in [7, 11) is 0. The van der Waals surface area contributed by atoms with Gasteiger partial charge in [-0.05, 0) is 71.3 Å². The highest BCUT2D eigenvalue weighted by atomic mass is 35.5. The van der Waals surface area contributed by atoms with Crippen LogP contribution in [0.5, 0.6) is 0 Å². The molecule has 6 rings (SSSR count). The number of benzene rings is 4. The van der Waals surface area contributed by atoms with Crippen LogP contribution in [0.3, 0.4) is 0 Å². The molecule has 2 heterocycles. The number of likely N-dealkylation sites (tertiary alicyclic amines) is 1. The Balaban J connectivity index is 1.06. The zero-order valence-electron chi connectivity index (χ0n) is 22.3. The van der Waals surface area contributed by atoms with Gasteiger partial charge in [0.15, 0.2) is 0 Å². The van der Waals surface area contributed by atoms with Crippen LogP contribution in [0.2, 0.25) is 5.02 Å². The highest BCUT2D eigenvalue weighted by Crippen LogP contribution is 2.33. The van der Waals surface area contributed by atoms with E-state index in [-0.39, 0.29) is 5.56 Å². The average Bonchev–Trinajstić information content (AvgIpc) is 2.99. The maximum atomic E-state index is 13.1. The Morgan fingerprint density at radius 2 is 1.50 bits per heavy atom. The third-order valence-electron chi connectivity index (χ3n) is 8.07. The summed E-state index contributed by atoms with van der Waals surface area (Å²) < 4.78 is 1.69. The summed E-state index contributed by atoms with van der Waals surface area (Å²) in [5, 5.41) is 12.4. The first-order valence-electron chi connectivity index (χ1n) is 13.8. The van der Waals surface area contributed by atoms with E-state index in [4.69, 9.17) is 11.6 Å². The molecule has 5 aromatic rings. The van der Waals surface area contributed by atoms with Gasteiger partial charge in [0.2, 0.25) is 0 Å². The van der Waals surface area contributed by atoms with E-state index in [1.54, 1.807) is 10.9 Å². The van der Waals surface area contributed by atoms with E-state index in [9.17, 15) is 9.90 Å². The van der Waals surface area contributed by atoms with Crippen molar-refractivity contribution in [3.63, 3.8) is 0 Å². The number of aryl methyl sites for hydroxylation is 2. The molecule has 0 bridgehead atoms. The van der Waals surface area contributed by atoms with Crippen molar-refractivity contribution >= 4 is 22.5 Å². The molecular formula is C34H32ClN3O2. The largest absolute Gasteiger partial charge is 0.385 e. The minimum atomic E-state index is -0.726. The van der Waals surface area contributed by atoms with Crippen molar-refractivity contribution in [3.8, 4) is 11.1 Å². The first-order valence-corrected chi connectivity index (χ1v) is 14.2. The summed E-state index contributed by atoms with van der Waals surface area (Å²) in [5.41, 5.74) is 5.45. The van der Waals surface area contributed by atoms with Crippen LogP contribution >= 0.6 is 11.6 Å². The smallest absolute Gasteiger partial charge is 0.261 e. The van der Waals surface area contributed by atoms with Crippen molar-refractivity contribution in [2.24, 2.45) is 0 Å². The number of aromatic nitrogens is 2. The zero-order chi connectivity index (χ0) is 27.5. The van der Waals surface area contributed by atoms with Crippen molar-refractivity contribution < 1.29 is 5.11 Å². The Morgan fingerprint density at radius 1 is 0.825 bits per heavy atom. The van der Waals surface area contributed by atoms with Crippen LogP contribution < -0.4 is 5.56 Å². The summed E-state index contributed by atoms with van der Waals surface area (Å²) in [6.45, 7) is 3.18. The summed E-state index contributed by atoms with van der Waals surface area (Å²) in [6.07, 6.45) is 3.89. The van der Waals surface area contributed by atoms with Crippen molar-refractivity contribution in [3.05, 3.63) is 135 Å². The molecule has 1 saturated heterocycles. The standard InChI is InChI=1S/C34H32ClN3O2/c35-30-13-10-27(11-14-30)28-12-15-31-32(22-28)36-24-38(33(31)39)19-16-25-6-8-26(9-7-25)23-37-20-17-34(40,18-21-37)29-4-2-1-3-5-29/h1-15,22,24,40H,16-21,23H2. The quantitative estimate of drug-likeness (QED) is 0.254. The monoisotopic (exact) mass is 549 g/mol. The SMILES string of the molecule is O=c1c2ccc(-c3ccc(Cl)cc3)cc2ncn1CCc1ccc(CN2CCC(O)(c3ccccc3)CC2)cc1. The predicted octanol–water partition coefficient (Wildman–Crippen LogP) is 6.44. The number of rotatable bonds is 7. The van der Waals surface area contributed by atoms with Gasteiger partial charge in [-0.2, -0.15) is 0 Å². The molecule has 0 unspecified atom stereocenters. The highest BCUT2D eigenvalue weighted by Gasteiger charge is 2.33. The van der Waals surface area contributed by atoms with E-state index in [0.29, 0.717) is 22.5 Å². The second-order valence-corrected chi connectivity index (χ2v) is 11.2. The minimum absolute atomic E-state index is 0.0233. The first kappa shape index (κ1) is 26.5. The van der Waals surface area contributed by atoms with Crippen LogP contribution in [0.4, 0.5) is 0 Å².